The summed E-state index contributed by atoms with van der Waals surface area (Å²) >= 11 is 0. The van der Waals surface area contributed by atoms with Gasteiger partial charge in [0, 0.05) is 45.8 Å². The highest BCUT2D eigenvalue weighted by Crippen LogP contribution is 2.18. The summed E-state index contributed by atoms with van der Waals surface area (Å²) in [6, 6.07) is 0. The molecule has 144 valence electrons. The number of carbonyl (C=O) groups is 1. The Morgan fingerprint density at radius 2 is 1.96 bits per heavy atom. The molecule has 0 saturated carbocycles. The first-order valence-corrected chi connectivity index (χ1v) is 9.55. The second-order valence-electron chi connectivity index (χ2n) is 7.00. The third-order valence-corrected chi connectivity index (χ3v) is 4.89. The maximum absolute atomic E-state index is 11.7. The fraction of sp³-hybridized carbons (Fsp3) is 0.889. The van der Waals surface area contributed by atoms with Crippen molar-refractivity contribution < 1.29 is 14.3 Å². The molecular formula is C18H34N4O3. The Morgan fingerprint density at radius 3 is 2.56 bits per heavy atom. The van der Waals surface area contributed by atoms with Crippen molar-refractivity contribution in [3.63, 3.8) is 0 Å². The van der Waals surface area contributed by atoms with Crippen LogP contribution in [0.3, 0.4) is 0 Å². The topological polar surface area (TPSA) is 66.4 Å². The Labute approximate surface area is 151 Å². The van der Waals surface area contributed by atoms with Gasteiger partial charge in [0.2, 0.25) is 0 Å². The van der Waals surface area contributed by atoms with Crippen molar-refractivity contribution in [2.75, 3.05) is 66.1 Å². The van der Waals surface area contributed by atoms with E-state index in [-0.39, 0.29) is 11.9 Å². The van der Waals surface area contributed by atoms with Crippen molar-refractivity contribution in [1.29, 1.82) is 0 Å². The first kappa shape index (κ1) is 20.0. The van der Waals surface area contributed by atoms with Crippen LogP contribution in [-0.2, 0) is 14.3 Å². The minimum Gasteiger partial charge on any atom is -0.469 e. The van der Waals surface area contributed by atoms with Crippen molar-refractivity contribution in [3.8, 4) is 0 Å². The average Bonchev–Trinajstić information content (AvgIpc) is 2.65. The fourth-order valence-electron chi connectivity index (χ4n) is 3.44. The van der Waals surface area contributed by atoms with Crippen LogP contribution in [-0.4, -0.2) is 87.9 Å². The average molecular weight is 354 g/mol. The lowest BCUT2D eigenvalue weighted by atomic mass is 9.97. The van der Waals surface area contributed by atoms with E-state index in [0.29, 0.717) is 5.92 Å². The van der Waals surface area contributed by atoms with Gasteiger partial charge in [-0.05, 0) is 25.7 Å². The van der Waals surface area contributed by atoms with Crippen molar-refractivity contribution >= 4 is 11.9 Å². The normalized spacial score (nSPS) is 21.9. The molecule has 0 spiro atoms. The number of guanidine groups is 1. The zero-order valence-corrected chi connectivity index (χ0v) is 16.0. The van der Waals surface area contributed by atoms with Crippen LogP contribution in [0.25, 0.3) is 0 Å². The predicted octanol–water partition coefficient (Wildman–Crippen LogP) is 0.805. The van der Waals surface area contributed by atoms with Gasteiger partial charge in [-0.3, -0.25) is 14.7 Å². The molecule has 1 N–H and O–H groups in total. The monoisotopic (exact) mass is 354 g/mol. The number of hydrogen-bond donors (Lipinski definition) is 1. The molecule has 2 aliphatic heterocycles. The van der Waals surface area contributed by atoms with Crippen molar-refractivity contribution in [2.24, 2.45) is 16.8 Å². The summed E-state index contributed by atoms with van der Waals surface area (Å²) in [7, 11) is 1.47. The van der Waals surface area contributed by atoms with Gasteiger partial charge in [0.05, 0.1) is 26.2 Å². The number of morpholine rings is 1. The second kappa shape index (κ2) is 10.6. The van der Waals surface area contributed by atoms with E-state index in [1.54, 1.807) is 0 Å². The van der Waals surface area contributed by atoms with Crippen LogP contribution in [0.1, 0.15) is 26.7 Å². The van der Waals surface area contributed by atoms with Gasteiger partial charge in [-0.15, -0.1) is 0 Å². The Morgan fingerprint density at radius 1 is 1.28 bits per heavy atom. The summed E-state index contributed by atoms with van der Waals surface area (Å²) in [6.07, 6.45) is 1.67. The van der Waals surface area contributed by atoms with Crippen molar-refractivity contribution in [3.05, 3.63) is 0 Å². The summed E-state index contributed by atoms with van der Waals surface area (Å²) in [6.45, 7) is 12.5. The quantitative estimate of drug-likeness (QED) is 0.432. The molecule has 0 bridgehead atoms. The number of methoxy groups -OCH3 is 1. The number of nitrogens with zero attached hydrogens (tertiary/aromatic N) is 3. The molecule has 0 radical (unpaired) electrons. The molecule has 0 aliphatic carbocycles. The Bertz CT molecular complexity index is 430. The molecule has 1 atom stereocenters. The maximum Gasteiger partial charge on any atom is 0.308 e. The molecule has 0 aromatic carbocycles. The summed E-state index contributed by atoms with van der Waals surface area (Å²) in [5.41, 5.74) is 0. The molecule has 2 rings (SSSR count). The molecule has 2 heterocycles. The van der Waals surface area contributed by atoms with Crippen LogP contribution in [0, 0.1) is 11.8 Å². The van der Waals surface area contributed by atoms with Gasteiger partial charge in [-0.1, -0.05) is 6.92 Å². The fourth-order valence-corrected chi connectivity index (χ4v) is 3.44. The van der Waals surface area contributed by atoms with Gasteiger partial charge in [-0.2, -0.15) is 0 Å². The summed E-state index contributed by atoms with van der Waals surface area (Å²) < 4.78 is 10.3. The van der Waals surface area contributed by atoms with Gasteiger partial charge in [0.1, 0.15) is 0 Å². The van der Waals surface area contributed by atoms with E-state index in [0.717, 1.165) is 77.8 Å². The molecule has 2 aliphatic rings. The molecule has 0 amide bonds. The van der Waals surface area contributed by atoms with Gasteiger partial charge in [-0.25, -0.2) is 0 Å². The second-order valence-corrected chi connectivity index (χ2v) is 7.00. The summed E-state index contributed by atoms with van der Waals surface area (Å²) in [5, 5.41) is 3.40. The molecule has 1 unspecified atom stereocenters. The molecule has 2 fully saturated rings. The van der Waals surface area contributed by atoms with E-state index in [4.69, 9.17) is 14.5 Å². The minimum atomic E-state index is -0.0827. The Kier molecular flexibility index (Phi) is 8.48. The highest BCUT2D eigenvalue weighted by Gasteiger charge is 2.27. The van der Waals surface area contributed by atoms with Crippen LogP contribution in [0.15, 0.2) is 4.99 Å². The van der Waals surface area contributed by atoms with E-state index < -0.39 is 0 Å². The van der Waals surface area contributed by atoms with E-state index >= 15 is 0 Å². The standard InChI is InChI=1S/C18H34N4O3/c1-4-19-18(22-7-5-16(6-8-22)17(23)24-3)20-13-15(2)14-21-9-11-25-12-10-21/h15-16H,4-14H2,1-3H3,(H,19,20). The van der Waals surface area contributed by atoms with Crippen LogP contribution >= 0.6 is 0 Å². The highest BCUT2D eigenvalue weighted by molar-refractivity contribution is 5.80. The third-order valence-electron chi connectivity index (χ3n) is 4.89. The number of aliphatic imine (C=N–C) groups is 1. The molecule has 7 nitrogen and oxygen atoms in total. The van der Waals surface area contributed by atoms with Crippen LogP contribution < -0.4 is 5.32 Å². The van der Waals surface area contributed by atoms with Crippen LogP contribution in [0.5, 0.6) is 0 Å². The number of ether oxygens (including phenoxy) is 2. The number of hydrogen-bond acceptors (Lipinski definition) is 5. The summed E-state index contributed by atoms with van der Waals surface area (Å²) in [4.78, 5) is 21.2. The SMILES string of the molecule is CCNC(=NCC(C)CN1CCOCC1)N1CCC(C(=O)OC)CC1. The first-order valence-electron chi connectivity index (χ1n) is 9.55. The molecule has 25 heavy (non-hydrogen) atoms. The number of likely N-dealkylation sites (tertiary alicyclic amines) is 1. The Hall–Kier alpha value is -1.34. The zero-order valence-electron chi connectivity index (χ0n) is 16.0. The lowest BCUT2D eigenvalue weighted by Gasteiger charge is -2.33. The number of piperidine rings is 1. The first-order chi connectivity index (χ1) is 12.1. The predicted molar refractivity (Wildman–Crippen MR) is 98.7 cm³/mol. The smallest absolute Gasteiger partial charge is 0.308 e. The molecule has 7 heteroatoms. The number of carbonyl (C=O) groups excluding carboxylic acids is 1. The van der Waals surface area contributed by atoms with Crippen LogP contribution in [0.2, 0.25) is 0 Å². The molecular weight excluding hydrogens is 320 g/mol. The maximum atomic E-state index is 11.7. The molecule has 0 aromatic rings. The van der Waals surface area contributed by atoms with Gasteiger partial charge < -0.3 is 19.7 Å². The van der Waals surface area contributed by atoms with Crippen molar-refractivity contribution in [1.82, 2.24) is 15.1 Å². The zero-order chi connectivity index (χ0) is 18.1. The van der Waals surface area contributed by atoms with E-state index in [2.05, 4.69) is 29.0 Å². The van der Waals surface area contributed by atoms with Crippen molar-refractivity contribution in [2.45, 2.75) is 26.7 Å². The lowest BCUT2D eigenvalue weighted by Crippen LogP contribution is -2.47. The van der Waals surface area contributed by atoms with Gasteiger partial charge in [0.25, 0.3) is 0 Å². The van der Waals surface area contributed by atoms with E-state index in [1.807, 2.05) is 0 Å². The van der Waals surface area contributed by atoms with E-state index in [1.165, 1.54) is 7.11 Å². The molecule has 2 saturated heterocycles. The van der Waals surface area contributed by atoms with Gasteiger partial charge in [0.15, 0.2) is 5.96 Å². The minimum absolute atomic E-state index is 0.0318. The Balaban J connectivity index is 1.82. The highest BCUT2D eigenvalue weighted by atomic mass is 16.5. The van der Waals surface area contributed by atoms with E-state index in [9.17, 15) is 4.79 Å². The molecule has 0 aromatic heterocycles. The number of esters is 1. The largest absolute Gasteiger partial charge is 0.469 e. The number of rotatable bonds is 6. The lowest BCUT2D eigenvalue weighted by molar-refractivity contribution is -0.146. The van der Waals surface area contributed by atoms with Crippen LogP contribution in [0.4, 0.5) is 0 Å². The summed E-state index contributed by atoms with van der Waals surface area (Å²) in [5.74, 6) is 1.43. The third kappa shape index (κ3) is 6.47. The van der Waals surface area contributed by atoms with Gasteiger partial charge >= 0.3 is 5.97 Å². The number of nitrogens with one attached hydrogen (secondary N) is 1.